The normalized spacial score (nSPS) is 11.5. The first-order valence-corrected chi connectivity index (χ1v) is 9.85. The molecule has 6 nitrogen and oxygen atoms in total. The highest BCUT2D eigenvalue weighted by Gasteiger charge is 2.23. The van der Waals surface area contributed by atoms with Crippen LogP contribution in [0.15, 0.2) is 71.3 Å². The second kappa shape index (κ2) is 9.98. The first-order chi connectivity index (χ1) is 14.5. The van der Waals surface area contributed by atoms with Gasteiger partial charge in [0.05, 0.1) is 4.47 Å². The monoisotopic (exact) mass is 472 g/mol. The number of carboxylic acid groups (broad SMARTS) is 1. The lowest BCUT2D eigenvalue weighted by Crippen LogP contribution is -2.26. The zero-order valence-electron chi connectivity index (χ0n) is 15.7. The Bertz CT molecular complexity index is 1030. The molecule has 154 valence electrons. The quantitative estimate of drug-likeness (QED) is 0.511. The van der Waals surface area contributed by atoms with Crippen molar-refractivity contribution in [2.24, 2.45) is 0 Å². The van der Waals surface area contributed by atoms with Crippen molar-refractivity contribution in [2.75, 3.05) is 6.54 Å². The van der Waals surface area contributed by atoms with Crippen LogP contribution in [0.5, 0.6) is 5.75 Å². The average molecular weight is 473 g/mol. The van der Waals surface area contributed by atoms with Gasteiger partial charge < -0.3 is 15.2 Å². The highest BCUT2D eigenvalue weighted by Crippen LogP contribution is 2.38. The molecule has 1 amide bonds. The molecule has 0 spiro atoms. The average Bonchev–Trinajstić information content (AvgIpc) is 2.76. The molecule has 1 heterocycles. The predicted octanol–water partition coefficient (Wildman–Crippen LogP) is 4.24. The molecule has 8 heteroatoms. The summed E-state index contributed by atoms with van der Waals surface area (Å²) in [6, 6.07) is 17.4. The summed E-state index contributed by atoms with van der Waals surface area (Å²) in [4.78, 5) is 27.8. The number of amides is 1. The molecule has 0 saturated heterocycles. The van der Waals surface area contributed by atoms with Crippen LogP contribution < -0.4 is 10.1 Å². The zero-order valence-corrected chi connectivity index (χ0v) is 17.3. The summed E-state index contributed by atoms with van der Waals surface area (Å²) in [5.74, 6) is -2.07. The van der Waals surface area contributed by atoms with Crippen LogP contribution in [-0.4, -0.2) is 34.9 Å². The van der Waals surface area contributed by atoms with E-state index in [0.29, 0.717) is 29.7 Å². The van der Waals surface area contributed by atoms with Gasteiger partial charge >= 0.3 is 12.3 Å². The predicted molar refractivity (Wildman–Crippen MR) is 113 cm³/mol. The number of alkyl halides is 1. The third-order valence-corrected chi connectivity index (χ3v) is 4.79. The Morgan fingerprint density at radius 3 is 2.53 bits per heavy atom. The summed E-state index contributed by atoms with van der Waals surface area (Å²) in [7, 11) is 0. The summed E-state index contributed by atoms with van der Waals surface area (Å²) in [5, 5.41) is 11.7. The van der Waals surface area contributed by atoms with E-state index in [2.05, 4.69) is 26.2 Å². The Labute approximate surface area is 180 Å². The number of nitrogens with zero attached hydrogens (tertiary/aromatic N) is 1. The van der Waals surface area contributed by atoms with Gasteiger partial charge in [-0.15, -0.1) is 0 Å². The molecule has 0 aliphatic rings. The Morgan fingerprint density at radius 2 is 1.87 bits per heavy atom. The van der Waals surface area contributed by atoms with Crippen LogP contribution in [0.2, 0.25) is 0 Å². The molecule has 0 saturated carbocycles. The molecule has 0 fully saturated rings. The zero-order chi connectivity index (χ0) is 21.5. The van der Waals surface area contributed by atoms with Gasteiger partial charge in [0.2, 0.25) is 0 Å². The van der Waals surface area contributed by atoms with Crippen LogP contribution >= 0.6 is 15.9 Å². The van der Waals surface area contributed by atoms with Crippen LogP contribution in [0.4, 0.5) is 4.39 Å². The van der Waals surface area contributed by atoms with E-state index in [9.17, 15) is 14.0 Å². The lowest BCUT2D eigenvalue weighted by Gasteiger charge is -2.16. The van der Waals surface area contributed by atoms with E-state index in [1.165, 1.54) is 6.07 Å². The van der Waals surface area contributed by atoms with Crippen molar-refractivity contribution >= 4 is 27.8 Å². The first-order valence-electron chi connectivity index (χ1n) is 9.06. The Hall–Kier alpha value is -3.26. The van der Waals surface area contributed by atoms with Crippen molar-refractivity contribution in [2.45, 2.75) is 12.8 Å². The molecule has 30 heavy (non-hydrogen) atoms. The number of carboxylic acids is 1. The van der Waals surface area contributed by atoms with E-state index in [1.807, 2.05) is 24.3 Å². The molecule has 3 rings (SSSR count). The number of carbonyl (C=O) groups is 2. The van der Waals surface area contributed by atoms with E-state index >= 15 is 0 Å². The van der Waals surface area contributed by atoms with Crippen molar-refractivity contribution in [3.8, 4) is 16.9 Å². The number of nitrogens with one attached hydrogen (secondary N) is 1. The third-order valence-electron chi connectivity index (χ3n) is 4.20. The van der Waals surface area contributed by atoms with Gasteiger partial charge in [-0.05, 0) is 45.8 Å². The number of rotatable bonds is 8. The smallest absolute Gasteiger partial charge is 0.378 e. The van der Waals surface area contributed by atoms with Gasteiger partial charge in [-0.1, -0.05) is 36.4 Å². The number of ether oxygens (including phenoxy) is 1. The van der Waals surface area contributed by atoms with Gasteiger partial charge in [0.15, 0.2) is 0 Å². The molecular formula is C22H18BrFN2O4. The highest BCUT2D eigenvalue weighted by atomic mass is 79.9. The fourth-order valence-corrected chi connectivity index (χ4v) is 3.34. The van der Waals surface area contributed by atoms with Gasteiger partial charge in [0.1, 0.15) is 5.75 Å². The second-order valence-corrected chi connectivity index (χ2v) is 7.15. The number of hydrogen-bond donors (Lipinski definition) is 2. The highest BCUT2D eigenvalue weighted by molar-refractivity contribution is 9.10. The van der Waals surface area contributed by atoms with Crippen LogP contribution in [0.3, 0.4) is 0 Å². The van der Waals surface area contributed by atoms with Crippen LogP contribution in [0.1, 0.15) is 16.1 Å². The first kappa shape index (κ1) is 21.4. The van der Waals surface area contributed by atoms with E-state index in [4.69, 9.17) is 9.84 Å². The van der Waals surface area contributed by atoms with E-state index in [1.54, 1.807) is 36.5 Å². The maximum Gasteiger partial charge on any atom is 0.378 e. The molecule has 0 aliphatic carbocycles. The molecule has 1 atom stereocenters. The van der Waals surface area contributed by atoms with Gasteiger partial charge in [-0.3, -0.25) is 9.78 Å². The number of pyridine rings is 1. The molecular weight excluding hydrogens is 455 g/mol. The molecule has 0 bridgehead atoms. The number of aromatic nitrogens is 1. The molecule has 2 aromatic carbocycles. The van der Waals surface area contributed by atoms with Crippen molar-refractivity contribution < 1.29 is 23.8 Å². The molecule has 3 aromatic rings. The minimum Gasteiger partial charge on any atom is -0.476 e. The van der Waals surface area contributed by atoms with E-state index < -0.39 is 12.3 Å². The Balaban J connectivity index is 1.85. The Kier molecular flexibility index (Phi) is 7.13. The van der Waals surface area contributed by atoms with Crippen LogP contribution in [0.25, 0.3) is 11.1 Å². The minimum atomic E-state index is -2.54. The van der Waals surface area contributed by atoms with Gasteiger partial charge in [-0.25, -0.2) is 4.79 Å². The second-order valence-electron chi connectivity index (χ2n) is 6.30. The van der Waals surface area contributed by atoms with E-state index in [-0.39, 0.29) is 16.1 Å². The maximum atomic E-state index is 13.7. The summed E-state index contributed by atoms with van der Waals surface area (Å²) < 4.78 is 19.0. The van der Waals surface area contributed by atoms with Gasteiger partial charge in [0.25, 0.3) is 5.91 Å². The SMILES string of the molecule is O=C(NCCc1ccccn1)c1cc(Br)c(OC(F)C(=O)O)c(-c2ccccc2)c1. The molecule has 1 aromatic heterocycles. The van der Waals surface area contributed by atoms with Gasteiger partial charge in [-0.2, -0.15) is 4.39 Å². The largest absolute Gasteiger partial charge is 0.476 e. The lowest BCUT2D eigenvalue weighted by molar-refractivity contribution is -0.153. The van der Waals surface area contributed by atoms with Crippen LogP contribution in [0, 0.1) is 0 Å². The molecule has 0 aliphatic heterocycles. The minimum absolute atomic E-state index is 0.00105. The van der Waals surface area contributed by atoms with Gasteiger partial charge in [0, 0.05) is 36.0 Å². The fraction of sp³-hybridized carbons (Fsp3) is 0.136. The van der Waals surface area contributed by atoms with Crippen molar-refractivity contribution in [3.05, 3.63) is 82.6 Å². The van der Waals surface area contributed by atoms with E-state index in [0.717, 1.165) is 5.69 Å². The van der Waals surface area contributed by atoms with Crippen molar-refractivity contribution in [3.63, 3.8) is 0 Å². The number of carbonyl (C=O) groups excluding carboxylic acids is 1. The summed E-state index contributed by atoms with van der Waals surface area (Å²) >= 11 is 3.27. The number of hydrogen-bond acceptors (Lipinski definition) is 4. The van der Waals surface area contributed by atoms with Crippen molar-refractivity contribution in [1.29, 1.82) is 0 Å². The Morgan fingerprint density at radius 1 is 1.13 bits per heavy atom. The molecule has 1 unspecified atom stereocenters. The summed E-state index contributed by atoms with van der Waals surface area (Å²) in [6.45, 7) is 0.387. The lowest BCUT2D eigenvalue weighted by atomic mass is 10.0. The molecule has 0 radical (unpaired) electrons. The molecule has 2 N–H and O–H groups in total. The summed E-state index contributed by atoms with van der Waals surface area (Å²) in [5.41, 5.74) is 2.22. The number of aliphatic carboxylic acids is 1. The van der Waals surface area contributed by atoms with Crippen LogP contribution in [-0.2, 0) is 11.2 Å². The number of benzene rings is 2. The fourth-order valence-electron chi connectivity index (χ4n) is 2.78. The third kappa shape index (κ3) is 5.42. The summed E-state index contributed by atoms with van der Waals surface area (Å²) in [6.07, 6.45) is -0.279. The standard InChI is InChI=1S/C22H18BrFN2O4/c23-18-13-15(21(27)26-11-9-16-8-4-5-10-25-16)12-17(14-6-2-1-3-7-14)19(18)30-20(24)22(28)29/h1-8,10,12-13,20H,9,11H2,(H,26,27)(H,28,29). The number of halogens is 2. The maximum absolute atomic E-state index is 13.7. The van der Waals surface area contributed by atoms with Crippen molar-refractivity contribution in [1.82, 2.24) is 10.3 Å². The topological polar surface area (TPSA) is 88.5 Å².